The lowest BCUT2D eigenvalue weighted by atomic mass is 9.98. The zero-order chi connectivity index (χ0) is 27.1. The number of hydrogen-bond acceptors (Lipinski definition) is 5. The second-order valence-corrected chi connectivity index (χ2v) is 9.57. The van der Waals surface area contributed by atoms with Gasteiger partial charge in [0.1, 0.15) is 13.2 Å². The molecule has 3 aromatic rings. The Kier molecular flexibility index (Phi) is 6.90. The van der Waals surface area contributed by atoms with Crippen LogP contribution >= 0.6 is 15.9 Å². The van der Waals surface area contributed by atoms with Crippen LogP contribution in [0.15, 0.2) is 83.3 Å². The molecule has 1 fully saturated rings. The number of urea groups is 1. The van der Waals surface area contributed by atoms with E-state index in [1.54, 1.807) is 78.9 Å². The summed E-state index contributed by atoms with van der Waals surface area (Å²) in [6, 6.07) is 20.7. The van der Waals surface area contributed by atoms with Crippen molar-refractivity contribution < 1.29 is 32.4 Å². The van der Waals surface area contributed by atoms with Gasteiger partial charge in [-0.25, -0.2) is 4.79 Å². The second kappa shape index (κ2) is 10.0. The van der Waals surface area contributed by atoms with Crippen LogP contribution in [-0.2, 0) is 33.3 Å². The molecule has 0 bridgehead atoms. The van der Waals surface area contributed by atoms with Crippen molar-refractivity contribution >= 4 is 33.6 Å². The number of likely N-dealkylation sites (N-methyl/N-ethyl adjacent to an activating group) is 1. The first-order valence-corrected chi connectivity index (χ1v) is 12.3. The van der Waals surface area contributed by atoms with Gasteiger partial charge in [0.25, 0.3) is 5.91 Å². The normalized spacial score (nSPS) is 21.4. The lowest BCUT2D eigenvalue weighted by Gasteiger charge is -2.49. The van der Waals surface area contributed by atoms with E-state index in [1.165, 1.54) is 11.9 Å². The average Bonchev–Trinajstić information content (AvgIpc) is 3.11. The van der Waals surface area contributed by atoms with Crippen LogP contribution in [0.1, 0.15) is 16.7 Å². The molecule has 5 rings (SSSR count). The molecule has 0 unspecified atom stereocenters. The van der Waals surface area contributed by atoms with Crippen molar-refractivity contribution in [2.24, 2.45) is 0 Å². The number of anilines is 1. The summed E-state index contributed by atoms with van der Waals surface area (Å²) < 4.78 is 43.7. The third-order valence-electron chi connectivity index (χ3n) is 6.30. The Morgan fingerprint density at radius 2 is 1.47 bits per heavy atom. The average molecular weight is 591 g/mol. The highest BCUT2D eigenvalue weighted by Gasteiger charge is 2.67. The minimum Gasteiger partial charge on any atom is -0.311 e. The molecule has 1 saturated heterocycles. The van der Waals surface area contributed by atoms with E-state index in [1.807, 2.05) is 0 Å². The number of nitrogens with zero attached hydrogens (tertiary/aromatic N) is 3. The first kappa shape index (κ1) is 26.2. The summed E-state index contributed by atoms with van der Waals surface area (Å²) in [6.07, 6.45) is -7.67. The molecular weight excluding hydrogens is 569 g/mol. The Hall–Kier alpha value is -3.45. The van der Waals surface area contributed by atoms with Gasteiger partial charge in [0.05, 0.1) is 5.69 Å². The molecule has 0 radical (unpaired) electrons. The maximum Gasteiger partial charge on any atom is 0.424 e. The lowest BCUT2D eigenvalue weighted by Crippen LogP contribution is -2.77. The minimum absolute atomic E-state index is 0.117. The zero-order valence-corrected chi connectivity index (χ0v) is 21.6. The highest BCUT2D eigenvalue weighted by atomic mass is 79.9. The molecule has 2 atom stereocenters. The Bertz CT molecular complexity index is 1350. The Balaban J connectivity index is 1.60. The van der Waals surface area contributed by atoms with Crippen LogP contribution in [0.3, 0.4) is 0 Å². The second-order valence-electron chi connectivity index (χ2n) is 8.72. The van der Waals surface area contributed by atoms with E-state index in [4.69, 9.17) is 9.68 Å². The fourth-order valence-corrected chi connectivity index (χ4v) is 5.16. The van der Waals surface area contributed by atoms with E-state index in [0.29, 0.717) is 26.4 Å². The molecule has 1 spiro atoms. The van der Waals surface area contributed by atoms with Gasteiger partial charge in [-0.3, -0.25) is 19.8 Å². The molecule has 0 saturated carbocycles. The number of fused-ring (bicyclic) bond motifs is 2. The predicted molar refractivity (Wildman–Crippen MR) is 134 cm³/mol. The molecule has 1 N–H and O–H groups in total. The van der Waals surface area contributed by atoms with Crippen LogP contribution in [0.2, 0.25) is 0 Å². The molecule has 2 heterocycles. The van der Waals surface area contributed by atoms with Crippen molar-refractivity contribution in [3.05, 3.63) is 100 Å². The molecule has 3 amide bonds. The Morgan fingerprint density at radius 1 is 0.895 bits per heavy atom. The number of carbonyl (C=O) groups is 2. The summed E-state index contributed by atoms with van der Waals surface area (Å²) >= 11 is 3.36. The minimum atomic E-state index is -5.01. The van der Waals surface area contributed by atoms with Crippen molar-refractivity contribution in [1.29, 1.82) is 0 Å². The summed E-state index contributed by atoms with van der Waals surface area (Å²) in [7, 11) is 1.42. The Labute approximate surface area is 224 Å². The topological polar surface area (TPSA) is 74.4 Å². The van der Waals surface area contributed by atoms with Crippen molar-refractivity contribution in [3.8, 4) is 0 Å². The molecular formula is C26H22BrF3N4O4. The van der Waals surface area contributed by atoms with Gasteiger partial charge in [-0.1, -0.05) is 82.7 Å². The van der Waals surface area contributed by atoms with Crippen molar-refractivity contribution in [1.82, 2.24) is 15.4 Å². The quantitative estimate of drug-likeness (QED) is 0.434. The van der Waals surface area contributed by atoms with E-state index in [-0.39, 0.29) is 23.8 Å². The molecule has 2 aliphatic rings. The summed E-state index contributed by atoms with van der Waals surface area (Å²) in [5.41, 5.74) is -0.717. The van der Waals surface area contributed by atoms with Gasteiger partial charge < -0.3 is 4.90 Å². The van der Waals surface area contributed by atoms with Gasteiger partial charge in [-0.05, 0) is 23.3 Å². The number of hydroxylamine groups is 4. The molecule has 38 heavy (non-hydrogen) atoms. The lowest BCUT2D eigenvalue weighted by molar-refractivity contribution is -0.322. The highest BCUT2D eigenvalue weighted by molar-refractivity contribution is 9.10. The van der Waals surface area contributed by atoms with Gasteiger partial charge in [0.2, 0.25) is 11.8 Å². The molecule has 3 aromatic carbocycles. The van der Waals surface area contributed by atoms with Crippen molar-refractivity contribution in [3.63, 3.8) is 0 Å². The first-order chi connectivity index (χ1) is 18.1. The number of hydrogen-bond donors (Lipinski definition) is 1. The van der Waals surface area contributed by atoms with Crippen LogP contribution in [-0.4, -0.2) is 41.5 Å². The number of rotatable bonds is 6. The third-order valence-corrected chi connectivity index (χ3v) is 6.96. The molecule has 12 heteroatoms. The van der Waals surface area contributed by atoms with Gasteiger partial charge in [-0.2, -0.15) is 23.3 Å². The SMILES string of the molecule is CN1C(=O)[C@]2(N[C@H](C(F)(F)F)N(OCc3ccccc3)C(=O)N2OCc2ccccc2)c2c(Br)cccc21. The summed E-state index contributed by atoms with van der Waals surface area (Å²) in [5.74, 6) is -0.822. The number of halogens is 4. The Morgan fingerprint density at radius 3 is 2.05 bits per heavy atom. The van der Waals surface area contributed by atoms with Gasteiger partial charge in [0, 0.05) is 17.1 Å². The third kappa shape index (κ3) is 4.43. The molecule has 198 valence electrons. The van der Waals surface area contributed by atoms with E-state index >= 15 is 0 Å². The maximum absolute atomic E-state index is 14.5. The number of alkyl halides is 3. The summed E-state index contributed by atoms with van der Waals surface area (Å²) in [5, 5.41) is 3.20. The van der Waals surface area contributed by atoms with Crippen LogP contribution < -0.4 is 10.2 Å². The fourth-order valence-electron chi connectivity index (χ4n) is 4.52. The van der Waals surface area contributed by atoms with E-state index in [2.05, 4.69) is 21.2 Å². The largest absolute Gasteiger partial charge is 0.424 e. The molecule has 2 aliphatic heterocycles. The number of nitrogens with one attached hydrogen (secondary N) is 1. The first-order valence-electron chi connectivity index (χ1n) is 11.5. The number of benzene rings is 3. The fraction of sp³-hybridized carbons (Fsp3) is 0.231. The number of amides is 3. The highest BCUT2D eigenvalue weighted by Crippen LogP contribution is 2.49. The van der Waals surface area contributed by atoms with Gasteiger partial charge in [0.15, 0.2) is 0 Å². The standard InChI is InChI=1S/C26H22BrF3N4O4/c1-32-20-14-8-13-19(27)21(20)25(23(32)35)31-22(26(28,29)30)33(37-15-17-9-4-2-5-10-17)24(36)34(25)38-16-18-11-6-3-7-12-18/h2-14,22,31H,15-16H2,1H3/t22-,25-/m0/s1. The predicted octanol–water partition coefficient (Wildman–Crippen LogP) is 5.06. The zero-order valence-electron chi connectivity index (χ0n) is 20.0. The number of carbonyl (C=O) groups excluding carboxylic acids is 2. The van der Waals surface area contributed by atoms with Crippen molar-refractivity contribution in [2.45, 2.75) is 31.2 Å². The molecule has 8 nitrogen and oxygen atoms in total. The van der Waals surface area contributed by atoms with Crippen LogP contribution in [0, 0.1) is 0 Å². The molecule has 0 aliphatic carbocycles. The van der Waals surface area contributed by atoms with Crippen LogP contribution in [0.4, 0.5) is 23.7 Å². The van der Waals surface area contributed by atoms with Gasteiger partial charge in [-0.15, -0.1) is 0 Å². The molecule has 0 aromatic heterocycles. The van der Waals surface area contributed by atoms with Crippen LogP contribution in [0.5, 0.6) is 0 Å². The maximum atomic E-state index is 14.5. The van der Waals surface area contributed by atoms with Crippen molar-refractivity contribution in [2.75, 3.05) is 11.9 Å². The summed E-state index contributed by atoms with van der Waals surface area (Å²) in [4.78, 5) is 40.1. The van der Waals surface area contributed by atoms with E-state index in [0.717, 1.165) is 0 Å². The smallest absolute Gasteiger partial charge is 0.311 e. The van der Waals surface area contributed by atoms with E-state index < -0.39 is 29.9 Å². The van der Waals surface area contributed by atoms with Gasteiger partial charge >= 0.3 is 12.2 Å². The monoisotopic (exact) mass is 590 g/mol. The van der Waals surface area contributed by atoms with Crippen LogP contribution in [0.25, 0.3) is 0 Å². The summed E-state index contributed by atoms with van der Waals surface area (Å²) in [6.45, 7) is -0.523. The van der Waals surface area contributed by atoms with E-state index in [9.17, 15) is 22.8 Å².